The molecule has 0 aromatic carbocycles. The van der Waals surface area contributed by atoms with Crippen LogP contribution >= 0.6 is 0 Å². The zero-order chi connectivity index (χ0) is 14.3. The van der Waals surface area contributed by atoms with Gasteiger partial charge in [-0.25, -0.2) is 4.79 Å². The van der Waals surface area contributed by atoms with E-state index in [4.69, 9.17) is 0 Å². The minimum atomic E-state index is -1.09. The summed E-state index contributed by atoms with van der Waals surface area (Å²) in [7, 11) is 0. The number of hydrogen-bond acceptors (Lipinski definition) is 3. The first-order valence-electron chi connectivity index (χ1n) is 6.61. The van der Waals surface area contributed by atoms with Crippen molar-refractivity contribution in [1.29, 1.82) is 0 Å². The van der Waals surface area contributed by atoms with Crippen molar-refractivity contribution in [3.8, 4) is 0 Å². The Balaban J connectivity index is 2.42. The molecule has 19 heavy (non-hydrogen) atoms. The number of carbonyl (C=O) groups excluding carboxylic acids is 2. The average Bonchev–Trinajstić information content (AvgIpc) is 2.35. The number of amides is 3. The molecular formula is C14H20N2O3. The molecule has 2 atom stereocenters. The number of hydrogen-bond donors (Lipinski definition) is 1. The highest BCUT2D eigenvalue weighted by atomic mass is 16.3. The molecule has 1 aliphatic heterocycles. The molecule has 0 bridgehead atoms. The second kappa shape index (κ2) is 4.81. The zero-order valence-electron chi connectivity index (χ0n) is 11.6. The van der Waals surface area contributed by atoms with Gasteiger partial charge in [0.25, 0.3) is 0 Å². The van der Waals surface area contributed by atoms with Crippen molar-refractivity contribution in [1.82, 2.24) is 9.80 Å². The van der Waals surface area contributed by atoms with Crippen LogP contribution in [0.5, 0.6) is 0 Å². The molecule has 1 saturated heterocycles. The van der Waals surface area contributed by atoms with Crippen LogP contribution in [-0.2, 0) is 4.79 Å². The van der Waals surface area contributed by atoms with Crippen molar-refractivity contribution >= 4 is 11.9 Å². The van der Waals surface area contributed by atoms with E-state index in [1.807, 2.05) is 6.92 Å². The molecule has 1 fully saturated rings. The summed E-state index contributed by atoms with van der Waals surface area (Å²) in [5, 5.41) is 10.3. The van der Waals surface area contributed by atoms with Crippen molar-refractivity contribution in [2.24, 2.45) is 5.92 Å². The molecule has 0 spiro atoms. The number of carbonyl (C=O) groups is 2. The van der Waals surface area contributed by atoms with Crippen LogP contribution in [0.4, 0.5) is 4.79 Å². The van der Waals surface area contributed by atoms with Crippen LogP contribution in [0.15, 0.2) is 23.3 Å². The lowest BCUT2D eigenvalue weighted by Crippen LogP contribution is -2.62. The zero-order valence-corrected chi connectivity index (χ0v) is 11.6. The van der Waals surface area contributed by atoms with Crippen LogP contribution in [-0.4, -0.2) is 46.2 Å². The highest BCUT2D eigenvalue weighted by Crippen LogP contribution is 2.41. The van der Waals surface area contributed by atoms with Crippen LogP contribution in [0.25, 0.3) is 0 Å². The minimum Gasteiger partial charge on any atom is -0.372 e. The standard InChI is InChI=1S/C14H20N2O3/c1-5-15-12(17)11(10-8(3)7-9(10)4)13(18)16(6-2)14(15)19/h11-12,17H,3,5-7H2,1-2,4H3. The first-order valence-corrected chi connectivity index (χ1v) is 6.61. The Kier molecular flexibility index (Phi) is 3.49. The topological polar surface area (TPSA) is 60.9 Å². The Labute approximate surface area is 113 Å². The Bertz CT molecular complexity index is 481. The maximum atomic E-state index is 12.4. The summed E-state index contributed by atoms with van der Waals surface area (Å²) in [6.07, 6.45) is -0.312. The van der Waals surface area contributed by atoms with Gasteiger partial charge < -0.3 is 5.11 Å². The van der Waals surface area contributed by atoms with Gasteiger partial charge in [0.05, 0.1) is 0 Å². The molecule has 3 amide bonds. The first-order chi connectivity index (χ1) is 8.93. The molecule has 1 aliphatic carbocycles. The Morgan fingerprint density at radius 2 is 1.95 bits per heavy atom. The van der Waals surface area contributed by atoms with Crippen molar-refractivity contribution < 1.29 is 14.7 Å². The van der Waals surface area contributed by atoms with E-state index in [1.165, 1.54) is 9.80 Å². The van der Waals surface area contributed by atoms with Gasteiger partial charge in [0.1, 0.15) is 12.1 Å². The molecule has 0 aromatic rings. The lowest BCUT2D eigenvalue weighted by atomic mass is 9.75. The third kappa shape index (κ3) is 1.89. The summed E-state index contributed by atoms with van der Waals surface area (Å²) >= 11 is 0. The molecule has 0 aromatic heterocycles. The molecular weight excluding hydrogens is 244 g/mol. The third-order valence-electron chi connectivity index (χ3n) is 3.91. The predicted molar refractivity (Wildman–Crippen MR) is 71.1 cm³/mol. The molecule has 0 saturated carbocycles. The van der Waals surface area contributed by atoms with E-state index in [2.05, 4.69) is 6.58 Å². The van der Waals surface area contributed by atoms with Gasteiger partial charge in [-0.15, -0.1) is 0 Å². The van der Waals surface area contributed by atoms with Gasteiger partial charge >= 0.3 is 6.03 Å². The highest BCUT2D eigenvalue weighted by Gasteiger charge is 2.48. The van der Waals surface area contributed by atoms with E-state index in [1.54, 1.807) is 13.8 Å². The number of imide groups is 1. The van der Waals surface area contributed by atoms with Crippen molar-refractivity contribution in [3.63, 3.8) is 0 Å². The number of aliphatic hydroxyl groups excluding tert-OH is 1. The molecule has 104 valence electrons. The van der Waals surface area contributed by atoms with Gasteiger partial charge in [-0.1, -0.05) is 12.2 Å². The van der Waals surface area contributed by atoms with Crippen LogP contribution < -0.4 is 0 Å². The van der Waals surface area contributed by atoms with E-state index in [0.29, 0.717) is 13.1 Å². The number of nitrogens with zero attached hydrogens (tertiary/aromatic N) is 2. The summed E-state index contributed by atoms with van der Waals surface area (Å²) in [5.41, 5.74) is 2.78. The second-order valence-corrected chi connectivity index (χ2v) is 5.02. The van der Waals surface area contributed by atoms with Gasteiger partial charge in [-0.2, -0.15) is 0 Å². The Hall–Kier alpha value is -1.62. The smallest absolute Gasteiger partial charge is 0.328 e. The summed E-state index contributed by atoms with van der Waals surface area (Å²) in [6.45, 7) is 10.1. The number of aliphatic hydroxyl groups is 1. The van der Waals surface area contributed by atoms with Crippen LogP contribution in [0, 0.1) is 5.92 Å². The number of allylic oxidation sites excluding steroid dienone is 2. The van der Waals surface area contributed by atoms with E-state index in [-0.39, 0.29) is 5.91 Å². The summed E-state index contributed by atoms with van der Waals surface area (Å²) in [4.78, 5) is 27.0. The van der Waals surface area contributed by atoms with Crippen LogP contribution in [0.1, 0.15) is 27.2 Å². The SMILES string of the molecule is C=C1CC(C)=C1C1C(=O)N(CC)C(=O)N(CC)C1O. The monoisotopic (exact) mass is 264 g/mol. The summed E-state index contributed by atoms with van der Waals surface area (Å²) < 4.78 is 0. The van der Waals surface area contributed by atoms with Gasteiger partial charge in [0.2, 0.25) is 5.91 Å². The third-order valence-corrected chi connectivity index (χ3v) is 3.91. The van der Waals surface area contributed by atoms with Gasteiger partial charge in [0.15, 0.2) is 0 Å². The molecule has 1 N–H and O–H groups in total. The molecule has 5 heteroatoms. The van der Waals surface area contributed by atoms with Crippen LogP contribution in [0.2, 0.25) is 0 Å². The normalized spacial score (nSPS) is 28.1. The van der Waals surface area contributed by atoms with E-state index < -0.39 is 18.2 Å². The lowest BCUT2D eigenvalue weighted by Gasteiger charge is -2.44. The molecule has 5 nitrogen and oxygen atoms in total. The minimum absolute atomic E-state index is 0.316. The molecule has 2 aliphatic rings. The van der Waals surface area contributed by atoms with E-state index in [0.717, 1.165) is 23.1 Å². The number of rotatable bonds is 3. The largest absolute Gasteiger partial charge is 0.372 e. The van der Waals surface area contributed by atoms with Crippen LogP contribution in [0.3, 0.4) is 0 Å². The second-order valence-electron chi connectivity index (χ2n) is 5.02. The highest BCUT2D eigenvalue weighted by molar-refractivity contribution is 6.00. The van der Waals surface area contributed by atoms with Crippen molar-refractivity contribution in [2.45, 2.75) is 33.4 Å². The van der Waals surface area contributed by atoms with E-state index >= 15 is 0 Å². The van der Waals surface area contributed by atoms with E-state index in [9.17, 15) is 14.7 Å². The van der Waals surface area contributed by atoms with Gasteiger partial charge in [-0.05, 0) is 38.3 Å². The fourth-order valence-electron chi connectivity index (χ4n) is 2.91. The molecule has 0 radical (unpaired) electrons. The molecule has 2 unspecified atom stereocenters. The number of urea groups is 1. The van der Waals surface area contributed by atoms with Gasteiger partial charge in [-0.3, -0.25) is 14.6 Å². The quantitative estimate of drug-likeness (QED) is 0.840. The maximum Gasteiger partial charge on any atom is 0.328 e. The Morgan fingerprint density at radius 3 is 2.37 bits per heavy atom. The first kappa shape index (κ1) is 13.8. The molecule has 2 rings (SSSR count). The van der Waals surface area contributed by atoms with Crippen molar-refractivity contribution in [3.05, 3.63) is 23.3 Å². The maximum absolute atomic E-state index is 12.4. The Morgan fingerprint density at radius 1 is 1.32 bits per heavy atom. The lowest BCUT2D eigenvalue weighted by molar-refractivity contribution is -0.145. The summed E-state index contributed by atoms with van der Waals surface area (Å²) in [6, 6.07) is -0.415. The summed E-state index contributed by atoms with van der Waals surface area (Å²) in [5.74, 6) is -1.00. The average molecular weight is 264 g/mol. The fourth-order valence-corrected chi connectivity index (χ4v) is 2.91. The van der Waals surface area contributed by atoms with Gasteiger partial charge in [0, 0.05) is 13.1 Å². The fraction of sp³-hybridized carbons (Fsp3) is 0.571. The molecule has 1 heterocycles. The van der Waals surface area contributed by atoms with Crippen molar-refractivity contribution in [2.75, 3.05) is 13.1 Å². The predicted octanol–water partition coefficient (Wildman–Crippen LogP) is 1.50.